The third-order valence-corrected chi connectivity index (χ3v) is 8.83. The van der Waals surface area contributed by atoms with Gasteiger partial charge in [-0.05, 0) is 44.1 Å². The molecule has 34 heavy (non-hydrogen) atoms. The van der Waals surface area contributed by atoms with Crippen LogP contribution in [0.1, 0.15) is 54.7 Å². The summed E-state index contributed by atoms with van der Waals surface area (Å²) in [7, 11) is 0. The summed E-state index contributed by atoms with van der Waals surface area (Å²) in [6.07, 6.45) is 5.54. The minimum absolute atomic E-state index is 0.0217. The fourth-order valence-electron chi connectivity index (χ4n) is 5.60. The van der Waals surface area contributed by atoms with Gasteiger partial charge in [-0.3, -0.25) is 9.59 Å². The number of piperidine rings is 1. The second-order valence-electron chi connectivity index (χ2n) is 9.85. The second kappa shape index (κ2) is 10.4. The van der Waals surface area contributed by atoms with Gasteiger partial charge in [-0.2, -0.15) is 0 Å². The van der Waals surface area contributed by atoms with Gasteiger partial charge in [0.2, 0.25) is 5.91 Å². The van der Waals surface area contributed by atoms with E-state index >= 15 is 0 Å². The molecular formula is C26H34N4O3S. The predicted octanol–water partition coefficient (Wildman–Crippen LogP) is 3.68. The molecular weight excluding hydrogens is 448 g/mol. The van der Waals surface area contributed by atoms with E-state index in [0.717, 1.165) is 69.0 Å². The molecule has 1 aromatic heterocycles. The Balaban J connectivity index is 1.25. The minimum atomic E-state index is -0.702. The Labute approximate surface area is 205 Å². The van der Waals surface area contributed by atoms with Crippen molar-refractivity contribution in [3.63, 3.8) is 0 Å². The van der Waals surface area contributed by atoms with Crippen LogP contribution in [0.5, 0.6) is 0 Å². The van der Waals surface area contributed by atoms with Crippen molar-refractivity contribution in [3.8, 4) is 0 Å². The lowest BCUT2D eigenvalue weighted by molar-refractivity contribution is -0.144. The van der Waals surface area contributed by atoms with Crippen molar-refractivity contribution >= 4 is 28.3 Å². The molecule has 5 rings (SSSR count). The Morgan fingerprint density at radius 1 is 1.06 bits per heavy atom. The summed E-state index contributed by atoms with van der Waals surface area (Å²) >= 11 is 1.79. The van der Waals surface area contributed by atoms with E-state index in [9.17, 15) is 14.7 Å². The molecule has 3 heterocycles. The Bertz CT molecular complexity index is 971. The molecule has 2 fully saturated rings. The second-order valence-corrected chi connectivity index (χ2v) is 10.9. The van der Waals surface area contributed by atoms with Crippen LogP contribution in [0.4, 0.5) is 5.13 Å². The van der Waals surface area contributed by atoms with Crippen LogP contribution >= 0.6 is 11.3 Å². The number of hydrogen-bond acceptors (Lipinski definition) is 6. The average molecular weight is 483 g/mol. The Morgan fingerprint density at radius 3 is 2.47 bits per heavy atom. The quantitative estimate of drug-likeness (QED) is 0.653. The standard InChI is InChI=1S/C26H34N4O3S/c31-24(19-11-14-29(15-12-19)26-28-22-10-13-27-16-23(22)34-26)30(17-18-4-2-1-3-5-18)21-8-6-20(7-9-21)25(32)33/h1-5,19-21,27H,6-17H2,(H,32,33). The van der Waals surface area contributed by atoms with E-state index in [1.807, 2.05) is 18.2 Å². The molecule has 1 aromatic carbocycles. The number of thiazole rings is 1. The minimum Gasteiger partial charge on any atom is -0.481 e. The van der Waals surface area contributed by atoms with Gasteiger partial charge in [0.25, 0.3) is 0 Å². The lowest BCUT2D eigenvalue weighted by Crippen LogP contribution is -2.47. The van der Waals surface area contributed by atoms with E-state index in [4.69, 9.17) is 4.98 Å². The van der Waals surface area contributed by atoms with E-state index in [0.29, 0.717) is 19.4 Å². The van der Waals surface area contributed by atoms with E-state index in [2.05, 4.69) is 27.2 Å². The number of nitrogens with zero attached hydrogens (tertiary/aromatic N) is 3. The van der Waals surface area contributed by atoms with Gasteiger partial charge in [0.1, 0.15) is 0 Å². The summed E-state index contributed by atoms with van der Waals surface area (Å²) in [6, 6.07) is 10.3. The topological polar surface area (TPSA) is 85.8 Å². The third-order valence-electron chi connectivity index (χ3n) is 7.67. The summed E-state index contributed by atoms with van der Waals surface area (Å²) in [5.74, 6) is -0.711. The lowest BCUT2D eigenvalue weighted by atomic mass is 9.84. The maximum Gasteiger partial charge on any atom is 0.306 e. The number of nitrogens with one attached hydrogen (secondary N) is 1. The van der Waals surface area contributed by atoms with Gasteiger partial charge in [-0.15, -0.1) is 11.3 Å². The first-order valence-electron chi connectivity index (χ1n) is 12.6. The van der Waals surface area contributed by atoms with Crippen LogP contribution in [-0.4, -0.2) is 52.5 Å². The number of carbonyl (C=O) groups excluding carboxylic acids is 1. The Kier molecular flexibility index (Phi) is 7.15. The zero-order valence-electron chi connectivity index (χ0n) is 19.6. The van der Waals surface area contributed by atoms with Crippen molar-refractivity contribution < 1.29 is 14.7 Å². The number of hydrogen-bond donors (Lipinski definition) is 2. The number of anilines is 1. The van der Waals surface area contributed by atoms with Gasteiger partial charge in [0, 0.05) is 56.0 Å². The number of benzene rings is 1. The van der Waals surface area contributed by atoms with Crippen LogP contribution in [0.15, 0.2) is 30.3 Å². The van der Waals surface area contributed by atoms with E-state index in [1.54, 1.807) is 11.3 Å². The zero-order valence-corrected chi connectivity index (χ0v) is 20.4. The largest absolute Gasteiger partial charge is 0.481 e. The van der Waals surface area contributed by atoms with Gasteiger partial charge >= 0.3 is 5.97 Å². The molecule has 0 atom stereocenters. The first-order valence-corrected chi connectivity index (χ1v) is 13.4. The number of carboxylic acids is 1. The van der Waals surface area contributed by atoms with Crippen LogP contribution in [0.25, 0.3) is 0 Å². The fourth-order valence-corrected chi connectivity index (χ4v) is 6.73. The summed E-state index contributed by atoms with van der Waals surface area (Å²) in [6.45, 7) is 4.25. The Hall–Kier alpha value is -2.45. The van der Waals surface area contributed by atoms with E-state index in [1.165, 1.54) is 10.6 Å². The van der Waals surface area contributed by atoms with Crippen molar-refractivity contribution in [2.24, 2.45) is 11.8 Å². The molecule has 3 aliphatic rings. The molecule has 1 saturated carbocycles. The number of fused-ring (bicyclic) bond motifs is 1. The fraction of sp³-hybridized carbons (Fsp3) is 0.577. The number of amides is 1. The van der Waals surface area contributed by atoms with Gasteiger partial charge < -0.3 is 20.2 Å². The predicted molar refractivity (Wildman–Crippen MR) is 133 cm³/mol. The highest BCUT2D eigenvalue weighted by Gasteiger charge is 2.36. The summed E-state index contributed by atoms with van der Waals surface area (Å²) in [4.78, 5) is 35.9. The monoisotopic (exact) mass is 482 g/mol. The highest BCUT2D eigenvalue weighted by molar-refractivity contribution is 7.15. The van der Waals surface area contributed by atoms with Crippen molar-refractivity contribution in [3.05, 3.63) is 46.5 Å². The number of carbonyl (C=O) groups is 2. The highest BCUT2D eigenvalue weighted by atomic mass is 32.1. The summed E-state index contributed by atoms with van der Waals surface area (Å²) in [5, 5.41) is 13.9. The molecule has 182 valence electrons. The van der Waals surface area contributed by atoms with Crippen molar-refractivity contribution in [1.29, 1.82) is 0 Å². The average Bonchev–Trinajstić information content (AvgIpc) is 3.32. The Morgan fingerprint density at radius 2 is 1.79 bits per heavy atom. The lowest BCUT2D eigenvalue weighted by Gasteiger charge is -2.40. The molecule has 2 aliphatic heterocycles. The molecule has 0 unspecified atom stereocenters. The van der Waals surface area contributed by atoms with Crippen molar-refractivity contribution in [2.75, 3.05) is 24.5 Å². The number of carboxylic acid groups (broad SMARTS) is 1. The van der Waals surface area contributed by atoms with Crippen LogP contribution in [-0.2, 0) is 29.1 Å². The third kappa shape index (κ3) is 5.13. The van der Waals surface area contributed by atoms with E-state index < -0.39 is 5.97 Å². The van der Waals surface area contributed by atoms with Crippen LogP contribution in [0, 0.1) is 11.8 Å². The normalized spacial score (nSPS) is 23.4. The first kappa shape index (κ1) is 23.3. The van der Waals surface area contributed by atoms with E-state index in [-0.39, 0.29) is 23.8 Å². The maximum atomic E-state index is 13.8. The van der Waals surface area contributed by atoms with Crippen molar-refractivity contribution in [1.82, 2.24) is 15.2 Å². The first-order chi connectivity index (χ1) is 16.6. The number of aliphatic carboxylic acids is 1. The molecule has 7 nitrogen and oxygen atoms in total. The molecule has 1 saturated heterocycles. The molecule has 0 spiro atoms. The number of aromatic nitrogens is 1. The molecule has 8 heteroatoms. The van der Waals surface area contributed by atoms with Gasteiger partial charge in [0.15, 0.2) is 5.13 Å². The van der Waals surface area contributed by atoms with Crippen LogP contribution < -0.4 is 10.2 Å². The van der Waals surface area contributed by atoms with Crippen LogP contribution in [0.3, 0.4) is 0 Å². The molecule has 1 amide bonds. The maximum absolute atomic E-state index is 13.8. The van der Waals surface area contributed by atoms with Gasteiger partial charge in [-0.1, -0.05) is 30.3 Å². The molecule has 2 N–H and O–H groups in total. The summed E-state index contributed by atoms with van der Waals surface area (Å²) < 4.78 is 0. The molecule has 0 radical (unpaired) electrons. The number of rotatable bonds is 6. The molecule has 0 bridgehead atoms. The van der Waals surface area contributed by atoms with Gasteiger partial charge in [0.05, 0.1) is 11.6 Å². The van der Waals surface area contributed by atoms with Crippen LogP contribution in [0.2, 0.25) is 0 Å². The zero-order chi connectivity index (χ0) is 23.5. The van der Waals surface area contributed by atoms with Gasteiger partial charge in [-0.25, -0.2) is 4.98 Å². The smallest absolute Gasteiger partial charge is 0.306 e. The molecule has 2 aromatic rings. The SMILES string of the molecule is O=C(O)C1CCC(N(Cc2ccccc2)C(=O)C2CCN(c3nc4c(s3)CNCC4)CC2)CC1. The molecule has 1 aliphatic carbocycles. The summed E-state index contributed by atoms with van der Waals surface area (Å²) in [5.41, 5.74) is 2.37. The highest BCUT2D eigenvalue weighted by Crippen LogP contribution is 2.34. The van der Waals surface area contributed by atoms with Crippen molar-refractivity contribution in [2.45, 2.75) is 64.1 Å².